The number of hydrogen-bond acceptors (Lipinski definition) is 5. The second-order valence-electron chi connectivity index (χ2n) is 1.62. The number of urea groups is 1. The first-order chi connectivity index (χ1) is 5.61. The van der Waals surface area contributed by atoms with Crippen molar-refractivity contribution in [1.29, 1.82) is 5.53 Å². The predicted octanol–water partition coefficient (Wildman–Crippen LogP) is -0.000230. The van der Waals surface area contributed by atoms with Crippen molar-refractivity contribution in [2.75, 3.05) is 7.11 Å². The Bertz CT molecular complexity index is 225. The molecule has 66 valence electrons. The van der Waals surface area contributed by atoms with Crippen LogP contribution in [0.15, 0.2) is 17.5 Å². The smallest absolute Gasteiger partial charge is 0.340 e. The zero-order valence-corrected chi connectivity index (χ0v) is 6.35. The molecule has 0 saturated heterocycles. The number of nitrogens with zero attached hydrogens (tertiary/aromatic N) is 2. The highest BCUT2D eigenvalue weighted by Gasteiger charge is 2.03. The number of nitrogens with two attached hydrogens (primary N) is 1. The van der Waals surface area contributed by atoms with Crippen molar-refractivity contribution in [1.82, 2.24) is 5.01 Å². The van der Waals surface area contributed by atoms with Crippen LogP contribution in [0.1, 0.15) is 0 Å². The van der Waals surface area contributed by atoms with E-state index >= 15 is 0 Å². The van der Waals surface area contributed by atoms with E-state index in [1.807, 2.05) is 0 Å². The summed E-state index contributed by atoms with van der Waals surface area (Å²) in [5, 5.41) is 3.19. The summed E-state index contributed by atoms with van der Waals surface area (Å²) in [4.78, 5) is 20.8. The lowest BCUT2D eigenvalue weighted by atomic mass is 10.6. The topological polar surface area (TPSA) is 109 Å². The molecule has 0 aliphatic carbocycles. The molecule has 0 bridgehead atoms. The number of amides is 2. The summed E-state index contributed by atoms with van der Waals surface area (Å²) in [6.07, 6.45) is 1.85. The number of carbonyl (C=O) groups is 2. The van der Waals surface area contributed by atoms with E-state index in [0.29, 0.717) is 5.01 Å². The van der Waals surface area contributed by atoms with Gasteiger partial charge in [0.05, 0.1) is 7.11 Å². The van der Waals surface area contributed by atoms with Crippen LogP contribution in [0, 0.1) is 5.53 Å². The van der Waals surface area contributed by atoms with Gasteiger partial charge in [-0.1, -0.05) is 5.22 Å². The van der Waals surface area contributed by atoms with E-state index < -0.39 is 12.0 Å². The van der Waals surface area contributed by atoms with E-state index in [4.69, 9.17) is 11.3 Å². The number of esters is 1. The molecule has 0 heterocycles. The van der Waals surface area contributed by atoms with Gasteiger partial charge >= 0.3 is 12.0 Å². The van der Waals surface area contributed by atoms with Crippen LogP contribution in [-0.4, -0.2) is 24.1 Å². The first-order valence-corrected chi connectivity index (χ1v) is 2.84. The number of hydrogen-bond donors (Lipinski definition) is 2. The highest BCUT2D eigenvalue weighted by molar-refractivity contribution is 5.82. The van der Waals surface area contributed by atoms with Crippen LogP contribution < -0.4 is 5.73 Å². The number of primary amides is 1. The van der Waals surface area contributed by atoms with Gasteiger partial charge in [-0.25, -0.2) is 9.59 Å². The molecule has 12 heavy (non-hydrogen) atoms. The molecule has 2 amide bonds. The van der Waals surface area contributed by atoms with Gasteiger partial charge in [-0.05, 0) is 0 Å². The Kier molecular flexibility index (Phi) is 4.06. The van der Waals surface area contributed by atoms with E-state index in [9.17, 15) is 9.59 Å². The van der Waals surface area contributed by atoms with Gasteiger partial charge in [-0.2, -0.15) is 10.5 Å². The molecule has 3 N–H and O–H groups in total. The van der Waals surface area contributed by atoms with E-state index in [0.717, 1.165) is 12.3 Å². The van der Waals surface area contributed by atoms with Gasteiger partial charge in [-0.3, -0.25) is 0 Å². The average molecular weight is 172 g/mol. The minimum Gasteiger partial charge on any atom is -0.466 e. The molecule has 0 aliphatic heterocycles. The SMILES string of the molecule is COC(=O)/C=C/N(N=N)C(N)=O. The Labute approximate surface area is 68.3 Å². The lowest BCUT2D eigenvalue weighted by Gasteiger charge is -2.03. The maximum absolute atomic E-state index is 10.5. The van der Waals surface area contributed by atoms with Crippen LogP contribution in [-0.2, 0) is 9.53 Å². The van der Waals surface area contributed by atoms with Crippen LogP contribution in [0.4, 0.5) is 4.79 Å². The van der Waals surface area contributed by atoms with Gasteiger partial charge in [0.15, 0.2) is 0 Å². The minimum atomic E-state index is -0.954. The third kappa shape index (κ3) is 3.30. The number of ether oxygens (including phenoxy) is 1. The second-order valence-corrected chi connectivity index (χ2v) is 1.62. The fraction of sp³-hybridized carbons (Fsp3) is 0.200. The molecule has 7 nitrogen and oxygen atoms in total. The highest BCUT2D eigenvalue weighted by atomic mass is 16.5. The van der Waals surface area contributed by atoms with Crippen LogP contribution in [0.2, 0.25) is 0 Å². The van der Waals surface area contributed by atoms with E-state index in [2.05, 4.69) is 9.96 Å². The standard InChI is InChI=1S/C5H8N4O3/c1-12-4(10)2-3-9(8-7)5(6)11/h2-3,7H,1H3,(H2,6,11)/b3-2+,8-7?. The zero-order valence-electron chi connectivity index (χ0n) is 6.35. The van der Waals surface area contributed by atoms with Gasteiger partial charge in [-0.15, -0.1) is 0 Å². The first kappa shape index (κ1) is 10.1. The molecule has 0 aromatic carbocycles. The molecule has 7 heteroatoms. The zero-order chi connectivity index (χ0) is 9.56. The van der Waals surface area contributed by atoms with Crippen LogP contribution >= 0.6 is 0 Å². The largest absolute Gasteiger partial charge is 0.466 e. The van der Waals surface area contributed by atoms with Crippen LogP contribution in [0.3, 0.4) is 0 Å². The maximum atomic E-state index is 10.5. The Morgan fingerprint density at radius 2 is 2.25 bits per heavy atom. The fourth-order valence-corrected chi connectivity index (χ4v) is 0.356. The molecular weight excluding hydrogens is 164 g/mol. The summed E-state index contributed by atoms with van der Waals surface area (Å²) < 4.78 is 4.22. The number of carbonyl (C=O) groups excluding carboxylic acids is 2. The van der Waals surface area contributed by atoms with Crippen LogP contribution in [0.5, 0.6) is 0 Å². The monoisotopic (exact) mass is 172 g/mol. The van der Waals surface area contributed by atoms with Gasteiger partial charge in [0.1, 0.15) is 0 Å². The molecule has 0 aromatic rings. The molecule has 0 fully saturated rings. The van der Waals surface area contributed by atoms with Crippen LogP contribution in [0.25, 0.3) is 0 Å². The van der Waals surface area contributed by atoms with Crippen molar-refractivity contribution in [3.05, 3.63) is 12.3 Å². The van der Waals surface area contributed by atoms with Crippen molar-refractivity contribution in [2.24, 2.45) is 11.0 Å². The lowest BCUT2D eigenvalue weighted by molar-refractivity contribution is -0.134. The molecule has 0 radical (unpaired) electrons. The van der Waals surface area contributed by atoms with Crippen molar-refractivity contribution >= 4 is 12.0 Å². The summed E-state index contributed by atoms with van der Waals surface area (Å²) in [5.41, 5.74) is 11.2. The minimum absolute atomic E-state index is 0.483. The normalized spacial score (nSPS) is 9.42. The van der Waals surface area contributed by atoms with Gasteiger partial charge in [0.25, 0.3) is 0 Å². The van der Waals surface area contributed by atoms with E-state index in [1.54, 1.807) is 0 Å². The predicted molar refractivity (Wildman–Crippen MR) is 37.7 cm³/mol. The third-order valence-electron chi connectivity index (χ3n) is 0.887. The molecule has 0 rings (SSSR count). The molecule has 0 atom stereocenters. The van der Waals surface area contributed by atoms with Crippen molar-refractivity contribution in [3.8, 4) is 0 Å². The van der Waals surface area contributed by atoms with E-state index in [-0.39, 0.29) is 0 Å². The molecular formula is C5H8N4O3. The summed E-state index contributed by atoms with van der Waals surface area (Å²) >= 11 is 0. The summed E-state index contributed by atoms with van der Waals surface area (Å²) in [7, 11) is 1.18. The lowest BCUT2D eigenvalue weighted by Crippen LogP contribution is -2.26. The van der Waals surface area contributed by atoms with Gasteiger partial charge < -0.3 is 10.5 Å². The third-order valence-corrected chi connectivity index (χ3v) is 0.887. The van der Waals surface area contributed by atoms with Crippen molar-refractivity contribution in [3.63, 3.8) is 0 Å². The van der Waals surface area contributed by atoms with Gasteiger partial charge in [0, 0.05) is 12.3 Å². The molecule has 0 aromatic heterocycles. The van der Waals surface area contributed by atoms with E-state index in [1.165, 1.54) is 7.11 Å². The Morgan fingerprint density at radius 3 is 2.58 bits per heavy atom. The number of methoxy groups -OCH3 is 1. The molecule has 0 saturated carbocycles. The Hall–Kier alpha value is -1.92. The molecule has 0 aliphatic rings. The van der Waals surface area contributed by atoms with Gasteiger partial charge in [0.2, 0.25) is 0 Å². The molecule has 0 unspecified atom stereocenters. The molecule has 0 spiro atoms. The summed E-state index contributed by atoms with van der Waals surface area (Å²) in [5.74, 6) is -0.662. The quantitative estimate of drug-likeness (QED) is 0.270. The second kappa shape index (κ2) is 4.83. The summed E-state index contributed by atoms with van der Waals surface area (Å²) in [6.45, 7) is 0. The van der Waals surface area contributed by atoms with Crippen molar-refractivity contribution < 1.29 is 14.3 Å². The Balaban J connectivity index is 4.19. The average Bonchev–Trinajstić information content (AvgIpc) is 2.04. The van der Waals surface area contributed by atoms with Crippen molar-refractivity contribution in [2.45, 2.75) is 0 Å². The number of nitrogens with one attached hydrogen (secondary N) is 1. The first-order valence-electron chi connectivity index (χ1n) is 2.84. The fourth-order valence-electron chi connectivity index (χ4n) is 0.356. The Morgan fingerprint density at radius 1 is 1.67 bits per heavy atom. The number of rotatable bonds is 3. The summed E-state index contributed by atoms with van der Waals surface area (Å²) in [6, 6.07) is -0.954. The maximum Gasteiger partial charge on any atom is 0.340 e. The highest BCUT2D eigenvalue weighted by Crippen LogP contribution is 1.90.